The molecular formula is C9H7ClF2O3. The predicted molar refractivity (Wildman–Crippen MR) is 49.4 cm³/mol. The second-order valence-electron chi connectivity index (χ2n) is 2.97. The van der Waals surface area contributed by atoms with Crippen LogP contribution >= 0.6 is 11.6 Å². The zero-order valence-electron chi connectivity index (χ0n) is 7.38. The molecule has 1 rings (SSSR count). The topological polar surface area (TPSA) is 57.5 Å². The summed E-state index contributed by atoms with van der Waals surface area (Å²) >= 11 is 5.48. The number of phenols is 1. The Hall–Kier alpha value is -1.36. The zero-order valence-corrected chi connectivity index (χ0v) is 8.13. The smallest absolute Gasteiger partial charge is 0.374 e. The van der Waals surface area contributed by atoms with E-state index >= 15 is 0 Å². The maximum absolute atomic E-state index is 12.8. The minimum absolute atomic E-state index is 0.0465. The van der Waals surface area contributed by atoms with E-state index in [2.05, 4.69) is 0 Å². The third-order valence-electron chi connectivity index (χ3n) is 1.75. The van der Waals surface area contributed by atoms with Crippen molar-refractivity contribution >= 4 is 17.6 Å². The first-order chi connectivity index (χ1) is 6.83. The van der Waals surface area contributed by atoms with Gasteiger partial charge in [-0.3, -0.25) is 0 Å². The van der Waals surface area contributed by atoms with Crippen LogP contribution in [0, 0.1) is 0 Å². The van der Waals surface area contributed by atoms with Crippen molar-refractivity contribution in [1.29, 1.82) is 0 Å². The highest BCUT2D eigenvalue weighted by Gasteiger charge is 2.38. The second kappa shape index (κ2) is 4.02. The first-order valence-electron chi connectivity index (χ1n) is 3.91. The fraction of sp³-hybridized carbons (Fsp3) is 0.222. The van der Waals surface area contributed by atoms with Crippen LogP contribution < -0.4 is 0 Å². The maximum atomic E-state index is 12.8. The van der Waals surface area contributed by atoms with Crippen LogP contribution in [0.15, 0.2) is 18.2 Å². The van der Waals surface area contributed by atoms with E-state index in [4.69, 9.17) is 21.8 Å². The van der Waals surface area contributed by atoms with E-state index in [1.54, 1.807) is 0 Å². The number of alkyl halides is 2. The van der Waals surface area contributed by atoms with E-state index in [0.29, 0.717) is 0 Å². The summed E-state index contributed by atoms with van der Waals surface area (Å²) < 4.78 is 25.5. The summed E-state index contributed by atoms with van der Waals surface area (Å²) in [7, 11) is 0. The van der Waals surface area contributed by atoms with Gasteiger partial charge in [-0.2, -0.15) is 8.78 Å². The molecule has 2 N–H and O–H groups in total. The van der Waals surface area contributed by atoms with Crippen LogP contribution in [0.5, 0.6) is 5.75 Å². The van der Waals surface area contributed by atoms with Crippen molar-refractivity contribution < 1.29 is 23.8 Å². The number of carboxylic acids is 1. The van der Waals surface area contributed by atoms with Crippen molar-refractivity contribution in [1.82, 2.24) is 0 Å². The molecule has 0 radical (unpaired) electrons. The number of halogens is 3. The molecule has 6 heteroatoms. The summed E-state index contributed by atoms with van der Waals surface area (Å²) in [6.07, 6.45) is -0.956. The molecule has 0 unspecified atom stereocenters. The molecule has 0 aliphatic heterocycles. The monoisotopic (exact) mass is 236 g/mol. The zero-order chi connectivity index (χ0) is 11.6. The molecule has 0 spiro atoms. The Bertz CT molecular complexity index is 393. The Morgan fingerprint density at radius 2 is 2.07 bits per heavy atom. The van der Waals surface area contributed by atoms with E-state index in [-0.39, 0.29) is 16.3 Å². The van der Waals surface area contributed by atoms with E-state index in [1.165, 1.54) is 6.07 Å². The molecule has 0 aromatic heterocycles. The molecule has 0 aliphatic carbocycles. The Balaban J connectivity index is 2.91. The summed E-state index contributed by atoms with van der Waals surface area (Å²) in [5, 5.41) is 17.1. The van der Waals surface area contributed by atoms with Gasteiger partial charge < -0.3 is 10.2 Å². The highest BCUT2D eigenvalue weighted by atomic mass is 35.5. The highest BCUT2D eigenvalue weighted by molar-refractivity contribution is 6.32. The predicted octanol–water partition coefficient (Wildman–Crippen LogP) is 2.31. The van der Waals surface area contributed by atoms with Gasteiger partial charge in [0.2, 0.25) is 0 Å². The van der Waals surface area contributed by atoms with Gasteiger partial charge in [0.1, 0.15) is 5.75 Å². The number of phenolic OH excluding ortho intramolecular Hbond substituents is 1. The van der Waals surface area contributed by atoms with E-state index < -0.39 is 18.3 Å². The van der Waals surface area contributed by atoms with Crippen LogP contribution in [-0.4, -0.2) is 22.1 Å². The lowest BCUT2D eigenvalue weighted by Crippen LogP contribution is -2.30. The molecule has 15 heavy (non-hydrogen) atoms. The number of hydrogen-bond donors (Lipinski definition) is 2. The van der Waals surface area contributed by atoms with Crippen LogP contribution in [0.1, 0.15) is 5.56 Å². The lowest BCUT2D eigenvalue weighted by molar-refractivity contribution is -0.164. The molecule has 0 saturated heterocycles. The van der Waals surface area contributed by atoms with Crippen LogP contribution in [0.25, 0.3) is 0 Å². The highest BCUT2D eigenvalue weighted by Crippen LogP contribution is 2.27. The molecule has 0 fully saturated rings. The van der Waals surface area contributed by atoms with Gasteiger partial charge in [0, 0.05) is 6.42 Å². The third-order valence-corrected chi connectivity index (χ3v) is 2.05. The molecule has 0 bridgehead atoms. The van der Waals surface area contributed by atoms with Gasteiger partial charge in [-0.25, -0.2) is 4.79 Å². The van der Waals surface area contributed by atoms with Crippen molar-refractivity contribution in [3.63, 3.8) is 0 Å². The normalized spacial score (nSPS) is 11.4. The SMILES string of the molecule is O=C(O)C(F)(F)Cc1ccc(O)c(Cl)c1. The first kappa shape index (κ1) is 11.7. The molecule has 3 nitrogen and oxygen atoms in total. The number of carbonyl (C=O) groups is 1. The molecule has 82 valence electrons. The molecule has 0 aliphatic rings. The molecule has 0 heterocycles. The first-order valence-corrected chi connectivity index (χ1v) is 4.29. The lowest BCUT2D eigenvalue weighted by Gasteiger charge is -2.11. The average molecular weight is 237 g/mol. The van der Waals surface area contributed by atoms with E-state index in [0.717, 1.165) is 12.1 Å². The van der Waals surface area contributed by atoms with Crippen molar-refractivity contribution in [3.05, 3.63) is 28.8 Å². The Morgan fingerprint density at radius 1 is 1.47 bits per heavy atom. The molecule has 0 amide bonds. The van der Waals surface area contributed by atoms with Gasteiger partial charge in [-0.15, -0.1) is 0 Å². The van der Waals surface area contributed by atoms with Crippen LogP contribution in [0.2, 0.25) is 5.02 Å². The van der Waals surface area contributed by atoms with Gasteiger partial charge in [0.05, 0.1) is 5.02 Å². The van der Waals surface area contributed by atoms with Gasteiger partial charge in [-0.05, 0) is 17.7 Å². The Morgan fingerprint density at radius 3 is 2.53 bits per heavy atom. The largest absolute Gasteiger partial charge is 0.506 e. The summed E-state index contributed by atoms with van der Waals surface area (Å²) in [6.45, 7) is 0. The van der Waals surface area contributed by atoms with Crippen LogP contribution in [0.4, 0.5) is 8.78 Å². The van der Waals surface area contributed by atoms with Gasteiger partial charge in [0.15, 0.2) is 0 Å². The van der Waals surface area contributed by atoms with Gasteiger partial charge in [0.25, 0.3) is 0 Å². The van der Waals surface area contributed by atoms with Gasteiger partial charge in [-0.1, -0.05) is 17.7 Å². The number of benzene rings is 1. The summed E-state index contributed by atoms with van der Waals surface area (Å²) in [4.78, 5) is 10.1. The summed E-state index contributed by atoms with van der Waals surface area (Å²) in [5.41, 5.74) is 0.0465. The lowest BCUT2D eigenvalue weighted by atomic mass is 10.1. The molecule has 1 aromatic carbocycles. The number of rotatable bonds is 3. The minimum Gasteiger partial charge on any atom is -0.506 e. The molecule has 1 aromatic rings. The minimum atomic E-state index is -3.83. The third kappa shape index (κ3) is 2.79. The Kier molecular flexibility index (Phi) is 3.14. The molecule has 0 atom stereocenters. The Labute approximate surface area is 88.9 Å². The average Bonchev–Trinajstić information content (AvgIpc) is 2.10. The fourth-order valence-corrected chi connectivity index (χ4v) is 1.20. The summed E-state index contributed by atoms with van der Waals surface area (Å²) in [5.74, 6) is -6.26. The van der Waals surface area contributed by atoms with Crippen molar-refractivity contribution in [2.24, 2.45) is 0 Å². The fourth-order valence-electron chi connectivity index (χ4n) is 0.992. The molecular weight excluding hydrogens is 230 g/mol. The number of aromatic hydroxyl groups is 1. The molecule has 0 saturated carbocycles. The van der Waals surface area contributed by atoms with Gasteiger partial charge >= 0.3 is 11.9 Å². The quantitative estimate of drug-likeness (QED) is 0.847. The van der Waals surface area contributed by atoms with E-state index in [1.807, 2.05) is 0 Å². The van der Waals surface area contributed by atoms with Crippen molar-refractivity contribution in [3.8, 4) is 5.75 Å². The standard InChI is InChI=1S/C9H7ClF2O3/c10-6-3-5(1-2-7(6)13)4-9(11,12)8(14)15/h1-3,13H,4H2,(H,14,15). The van der Waals surface area contributed by atoms with Crippen molar-refractivity contribution in [2.45, 2.75) is 12.3 Å². The number of aliphatic carboxylic acids is 1. The summed E-state index contributed by atoms with van der Waals surface area (Å²) in [6, 6.07) is 3.43. The maximum Gasteiger partial charge on any atom is 0.374 e. The van der Waals surface area contributed by atoms with E-state index in [9.17, 15) is 13.6 Å². The number of hydrogen-bond acceptors (Lipinski definition) is 2. The number of carboxylic acid groups (broad SMARTS) is 1. The second-order valence-corrected chi connectivity index (χ2v) is 3.38. The van der Waals surface area contributed by atoms with Crippen LogP contribution in [-0.2, 0) is 11.2 Å². The van der Waals surface area contributed by atoms with Crippen LogP contribution in [0.3, 0.4) is 0 Å². The van der Waals surface area contributed by atoms with Crippen molar-refractivity contribution in [2.75, 3.05) is 0 Å².